The summed E-state index contributed by atoms with van der Waals surface area (Å²) < 4.78 is 5.70. The van der Waals surface area contributed by atoms with E-state index in [9.17, 15) is 14.4 Å². The van der Waals surface area contributed by atoms with Gasteiger partial charge < -0.3 is 10.1 Å². The van der Waals surface area contributed by atoms with Gasteiger partial charge in [0, 0.05) is 22.5 Å². The molecule has 1 aromatic rings. The van der Waals surface area contributed by atoms with Gasteiger partial charge in [-0.2, -0.15) is 0 Å². The molecule has 6 heteroatoms. The van der Waals surface area contributed by atoms with Crippen LogP contribution in [-0.4, -0.2) is 29.3 Å². The maximum atomic E-state index is 12.4. The number of rotatable bonds is 4. The van der Waals surface area contributed by atoms with Crippen molar-refractivity contribution in [2.75, 3.05) is 0 Å². The lowest BCUT2D eigenvalue weighted by atomic mass is 10.0. The van der Waals surface area contributed by atoms with E-state index in [1.807, 2.05) is 0 Å². The molecule has 0 aliphatic carbocycles. The summed E-state index contributed by atoms with van der Waals surface area (Å²) in [6.45, 7) is 6.49. The SMILES string of the molecule is CC(=O)OC(C(=O)NC(C)(C)C)C(=O)c1ccc(Br)cc1. The van der Waals surface area contributed by atoms with Crippen molar-refractivity contribution in [3.8, 4) is 0 Å². The average molecular weight is 356 g/mol. The highest BCUT2D eigenvalue weighted by molar-refractivity contribution is 9.10. The molecule has 21 heavy (non-hydrogen) atoms. The second-order valence-corrected chi connectivity index (χ2v) is 6.52. The van der Waals surface area contributed by atoms with Gasteiger partial charge in [-0.05, 0) is 32.9 Å². The van der Waals surface area contributed by atoms with E-state index in [1.54, 1.807) is 45.0 Å². The highest BCUT2D eigenvalue weighted by atomic mass is 79.9. The van der Waals surface area contributed by atoms with Crippen LogP contribution in [0.3, 0.4) is 0 Å². The third kappa shape index (κ3) is 5.67. The molecular weight excluding hydrogens is 338 g/mol. The summed E-state index contributed by atoms with van der Waals surface area (Å²) in [6, 6.07) is 6.49. The molecule has 0 saturated heterocycles. The van der Waals surface area contributed by atoms with Crippen molar-refractivity contribution in [1.82, 2.24) is 5.32 Å². The lowest BCUT2D eigenvalue weighted by molar-refractivity contribution is -0.151. The summed E-state index contributed by atoms with van der Waals surface area (Å²) >= 11 is 3.26. The van der Waals surface area contributed by atoms with Gasteiger partial charge in [0.2, 0.25) is 11.9 Å². The van der Waals surface area contributed by atoms with Crippen LogP contribution in [0.25, 0.3) is 0 Å². The molecule has 1 rings (SSSR count). The number of carbonyl (C=O) groups excluding carboxylic acids is 3. The van der Waals surface area contributed by atoms with Gasteiger partial charge in [-0.3, -0.25) is 14.4 Å². The molecule has 0 saturated carbocycles. The Morgan fingerprint density at radius 2 is 1.67 bits per heavy atom. The van der Waals surface area contributed by atoms with E-state index in [-0.39, 0.29) is 0 Å². The fourth-order valence-electron chi connectivity index (χ4n) is 1.59. The van der Waals surface area contributed by atoms with Gasteiger partial charge in [0.15, 0.2) is 0 Å². The number of amides is 1. The van der Waals surface area contributed by atoms with E-state index in [0.717, 1.165) is 11.4 Å². The summed E-state index contributed by atoms with van der Waals surface area (Å²) in [4.78, 5) is 35.7. The number of nitrogens with one attached hydrogen (secondary N) is 1. The second kappa shape index (κ2) is 6.85. The van der Waals surface area contributed by atoms with Crippen LogP contribution in [0.1, 0.15) is 38.1 Å². The van der Waals surface area contributed by atoms with Crippen LogP contribution in [0.2, 0.25) is 0 Å². The van der Waals surface area contributed by atoms with Crippen molar-refractivity contribution in [3.63, 3.8) is 0 Å². The van der Waals surface area contributed by atoms with Gasteiger partial charge in [0.05, 0.1) is 0 Å². The molecule has 1 unspecified atom stereocenters. The number of ketones is 1. The van der Waals surface area contributed by atoms with Crippen LogP contribution in [-0.2, 0) is 14.3 Å². The molecule has 0 bridgehead atoms. The number of esters is 1. The Morgan fingerprint density at radius 3 is 2.10 bits per heavy atom. The van der Waals surface area contributed by atoms with E-state index < -0.39 is 29.3 Å². The molecule has 0 heterocycles. The van der Waals surface area contributed by atoms with Gasteiger partial charge in [-0.25, -0.2) is 0 Å². The van der Waals surface area contributed by atoms with Crippen molar-refractivity contribution < 1.29 is 19.1 Å². The molecule has 0 aliphatic heterocycles. The number of hydrogen-bond donors (Lipinski definition) is 1. The normalized spacial score (nSPS) is 12.4. The first-order valence-electron chi connectivity index (χ1n) is 6.39. The zero-order valence-corrected chi connectivity index (χ0v) is 14.0. The van der Waals surface area contributed by atoms with Crippen molar-refractivity contribution in [1.29, 1.82) is 0 Å². The van der Waals surface area contributed by atoms with Crippen LogP contribution in [0, 0.1) is 0 Å². The molecule has 0 radical (unpaired) electrons. The molecule has 0 aromatic heterocycles. The molecular formula is C15H18BrNO4. The summed E-state index contributed by atoms with van der Waals surface area (Å²) in [5.74, 6) is -1.88. The zero-order chi connectivity index (χ0) is 16.2. The lowest BCUT2D eigenvalue weighted by Gasteiger charge is -2.24. The Bertz CT molecular complexity index is 546. The predicted molar refractivity (Wildman–Crippen MR) is 81.9 cm³/mol. The molecule has 1 atom stereocenters. The van der Waals surface area contributed by atoms with E-state index in [0.29, 0.717) is 5.56 Å². The van der Waals surface area contributed by atoms with E-state index in [1.165, 1.54) is 0 Å². The quantitative estimate of drug-likeness (QED) is 0.511. The Morgan fingerprint density at radius 1 is 1.14 bits per heavy atom. The lowest BCUT2D eigenvalue weighted by Crippen LogP contribution is -2.49. The zero-order valence-electron chi connectivity index (χ0n) is 12.4. The van der Waals surface area contributed by atoms with Gasteiger partial charge in [0.25, 0.3) is 5.91 Å². The first-order valence-corrected chi connectivity index (χ1v) is 7.18. The third-order valence-electron chi connectivity index (χ3n) is 2.39. The number of ether oxygens (including phenoxy) is 1. The molecule has 1 amide bonds. The molecule has 114 valence electrons. The standard InChI is InChI=1S/C15H18BrNO4/c1-9(18)21-13(14(20)17-15(2,3)4)12(19)10-5-7-11(16)8-6-10/h5-8,13H,1-4H3,(H,17,20). The average Bonchev–Trinajstić information content (AvgIpc) is 2.33. The van der Waals surface area contributed by atoms with Crippen molar-refractivity contribution in [2.45, 2.75) is 39.3 Å². The first-order chi connectivity index (χ1) is 9.60. The topological polar surface area (TPSA) is 72.5 Å². The molecule has 5 nitrogen and oxygen atoms in total. The van der Waals surface area contributed by atoms with Crippen LogP contribution < -0.4 is 5.32 Å². The molecule has 0 aliphatic rings. The fourth-order valence-corrected chi connectivity index (χ4v) is 1.86. The highest BCUT2D eigenvalue weighted by Crippen LogP contribution is 2.14. The molecule has 0 spiro atoms. The van der Waals surface area contributed by atoms with Crippen molar-refractivity contribution in [2.24, 2.45) is 0 Å². The fraction of sp³-hybridized carbons (Fsp3) is 0.400. The Kier molecular flexibility index (Phi) is 5.66. The number of carbonyl (C=O) groups is 3. The third-order valence-corrected chi connectivity index (χ3v) is 2.92. The summed E-state index contributed by atoms with van der Waals surface area (Å²) in [5, 5.41) is 2.64. The maximum Gasteiger partial charge on any atom is 0.303 e. The Balaban J connectivity index is 3.01. The van der Waals surface area contributed by atoms with Crippen LogP contribution in [0.5, 0.6) is 0 Å². The molecule has 1 N–H and O–H groups in total. The Hall–Kier alpha value is -1.69. The van der Waals surface area contributed by atoms with Crippen LogP contribution in [0.15, 0.2) is 28.7 Å². The predicted octanol–water partition coefficient (Wildman–Crippen LogP) is 2.48. The highest BCUT2D eigenvalue weighted by Gasteiger charge is 2.32. The largest absolute Gasteiger partial charge is 0.444 e. The second-order valence-electron chi connectivity index (χ2n) is 5.60. The number of halogens is 1. The Labute approximate surface area is 132 Å². The van der Waals surface area contributed by atoms with Crippen LogP contribution in [0.4, 0.5) is 0 Å². The van der Waals surface area contributed by atoms with Gasteiger partial charge in [0.1, 0.15) is 0 Å². The minimum atomic E-state index is -1.48. The van der Waals surface area contributed by atoms with Crippen LogP contribution >= 0.6 is 15.9 Å². The minimum absolute atomic E-state index is 0.300. The van der Waals surface area contributed by atoms with Gasteiger partial charge in [-0.15, -0.1) is 0 Å². The smallest absolute Gasteiger partial charge is 0.303 e. The van der Waals surface area contributed by atoms with Crippen molar-refractivity contribution >= 4 is 33.6 Å². The maximum absolute atomic E-state index is 12.4. The van der Waals surface area contributed by atoms with E-state index in [4.69, 9.17) is 4.74 Å². The van der Waals surface area contributed by atoms with Gasteiger partial charge >= 0.3 is 5.97 Å². The van der Waals surface area contributed by atoms with E-state index in [2.05, 4.69) is 21.2 Å². The molecule has 0 fully saturated rings. The number of Topliss-reactive ketones (excluding diaryl/α,β-unsaturated/α-hetero) is 1. The summed E-state index contributed by atoms with van der Waals surface area (Å²) in [6.07, 6.45) is -1.48. The number of benzene rings is 1. The first kappa shape index (κ1) is 17.4. The molecule has 1 aromatic carbocycles. The van der Waals surface area contributed by atoms with E-state index >= 15 is 0 Å². The van der Waals surface area contributed by atoms with Crippen molar-refractivity contribution in [3.05, 3.63) is 34.3 Å². The number of hydrogen-bond acceptors (Lipinski definition) is 4. The minimum Gasteiger partial charge on any atom is -0.444 e. The van der Waals surface area contributed by atoms with Gasteiger partial charge in [-0.1, -0.05) is 28.1 Å². The summed E-state index contributed by atoms with van der Waals surface area (Å²) in [5.41, 5.74) is -0.233. The summed E-state index contributed by atoms with van der Waals surface area (Å²) in [7, 11) is 0. The monoisotopic (exact) mass is 355 g/mol.